The number of halogens is 2. The minimum absolute atomic E-state index is 0.0127. The number of fused-ring (bicyclic) bond motifs is 3. The SMILES string of the molecule is CC(=O)N1CC(C)(C)c2c1cc(Cc1ccc(F)cc1)c1nc(I)nn21. The van der Waals surface area contributed by atoms with E-state index in [9.17, 15) is 9.18 Å². The van der Waals surface area contributed by atoms with Gasteiger partial charge in [0.2, 0.25) is 9.74 Å². The van der Waals surface area contributed by atoms with Crippen LogP contribution in [-0.4, -0.2) is 27.0 Å². The molecule has 0 radical (unpaired) electrons. The van der Waals surface area contributed by atoms with Gasteiger partial charge in [0, 0.05) is 53.5 Å². The summed E-state index contributed by atoms with van der Waals surface area (Å²) in [5.74, 6) is -0.242. The summed E-state index contributed by atoms with van der Waals surface area (Å²) < 4.78 is 15.8. The van der Waals surface area contributed by atoms with Crippen LogP contribution < -0.4 is 4.90 Å². The molecule has 1 aliphatic rings. The quantitative estimate of drug-likeness (QED) is 0.544. The minimum Gasteiger partial charge on any atom is -0.310 e. The Bertz CT molecular complexity index is 1030. The van der Waals surface area contributed by atoms with E-state index in [0.717, 1.165) is 28.2 Å². The average molecular weight is 464 g/mol. The molecule has 26 heavy (non-hydrogen) atoms. The largest absolute Gasteiger partial charge is 0.310 e. The molecule has 3 aromatic rings. The van der Waals surface area contributed by atoms with Gasteiger partial charge in [-0.05, 0) is 23.8 Å². The molecule has 134 valence electrons. The van der Waals surface area contributed by atoms with E-state index in [2.05, 4.69) is 46.5 Å². The second kappa shape index (κ2) is 6.00. The van der Waals surface area contributed by atoms with Crippen LogP contribution in [0.1, 0.15) is 37.6 Å². The molecule has 0 aliphatic carbocycles. The van der Waals surface area contributed by atoms with Crippen molar-refractivity contribution in [3.8, 4) is 0 Å². The third-order valence-corrected chi connectivity index (χ3v) is 5.26. The van der Waals surface area contributed by atoms with Gasteiger partial charge in [-0.25, -0.2) is 13.9 Å². The average Bonchev–Trinajstić information content (AvgIpc) is 3.07. The number of pyridine rings is 1. The number of rotatable bonds is 2. The van der Waals surface area contributed by atoms with Crippen LogP contribution in [0.5, 0.6) is 0 Å². The maximum Gasteiger partial charge on any atom is 0.223 e. The summed E-state index contributed by atoms with van der Waals surface area (Å²) in [6.07, 6.45) is 0.595. The summed E-state index contributed by atoms with van der Waals surface area (Å²) in [7, 11) is 0. The topological polar surface area (TPSA) is 50.5 Å². The third-order valence-electron chi connectivity index (χ3n) is 4.81. The molecule has 0 unspecified atom stereocenters. The molecule has 5 nitrogen and oxygen atoms in total. The van der Waals surface area contributed by atoms with Crippen molar-refractivity contribution in [2.75, 3.05) is 11.4 Å². The molecule has 4 rings (SSSR count). The van der Waals surface area contributed by atoms with Gasteiger partial charge in [-0.3, -0.25) is 4.79 Å². The molecule has 0 fully saturated rings. The molecule has 0 spiro atoms. The first kappa shape index (κ1) is 17.4. The summed E-state index contributed by atoms with van der Waals surface area (Å²) in [4.78, 5) is 18.6. The Kier molecular flexibility index (Phi) is 4.02. The van der Waals surface area contributed by atoms with Gasteiger partial charge in [-0.15, -0.1) is 5.10 Å². The molecule has 0 atom stereocenters. The van der Waals surface area contributed by atoms with Crippen LogP contribution in [0.2, 0.25) is 0 Å². The number of carbonyl (C=O) groups is 1. The van der Waals surface area contributed by atoms with Crippen molar-refractivity contribution in [3.63, 3.8) is 0 Å². The van der Waals surface area contributed by atoms with Crippen LogP contribution in [-0.2, 0) is 16.6 Å². The zero-order valence-electron chi connectivity index (χ0n) is 14.8. The number of aromatic nitrogens is 3. The number of hydrogen-bond donors (Lipinski definition) is 0. The van der Waals surface area contributed by atoms with E-state index in [1.165, 1.54) is 12.1 Å². The lowest BCUT2D eigenvalue weighted by molar-refractivity contribution is -0.116. The van der Waals surface area contributed by atoms with E-state index in [0.29, 0.717) is 16.8 Å². The summed E-state index contributed by atoms with van der Waals surface area (Å²) in [5.41, 5.74) is 4.41. The van der Waals surface area contributed by atoms with E-state index in [-0.39, 0.29) is 17.1 Å². The van der Waals surface area contributed by atoms with Crippen LogP contribution in [0.15, 0.2) is 30.3 Å². The van der Waals surface area contributed by atoms with Gasteiger partial charge < -0.3 is 4.90 Å². The van der Waals surface area contributed by atoms with Crippen molar-refractivity contribution in [2.45, 2.75) is 32.6 Å². The first-order valence-electron chi connectivity index (χ1n) is 8.37. The number of hydrogen-bond acceptors (Lipinski definition) is 3. The lowest BCUT2D eigenvalue weighted by Gasteiger charge is -2.19. The van der Waals surface area contributed by atoms with Crippen LogP contribution in [0.4, 0.5) is 10.1 Å². The Morgan fingerprint density at radius 3 is 2.65 bits per heavy atom. The van der Waals surface area contributed by atoms with E-state index in [4.69, 9.17) is 0 Å². The highest BCUT2D eigenvalue weighted by atomic mass is 127. The Balaban J connectivity index is 1.93. The van der Waals surface area contributed by atoms with Crippen molar-refractivity contribution in [1.82, 2.24) is 14.6 Å². The van der Waals surface area contributed by atoms with Crippen molar-refractivity contribution in [1.29, 1.82) is 0 Å². The van der Waals surface area contributed by atoms with Gasteiger partial charge in [0.1, 0.15) is 5.82 Å². The van der Waals surface area contributed by atoms with Crippen LogP contribution in [0.3, 0.4) is 0 Å². The zero-order valence-corrected chi connectivity index (χ0v) is 16.9. The highest BCUT2D eigenvalue weighted by Crippen LogP contribution is 2.42. The molecule has 0 N–H and O–H groups in total. The number of nitrogens with zero attached hydrogens (tertiary/aromatic N) is 4. The second-order valence-corrected chi connectivity index (χ2v) is 8.28. The van der Waals surface area contributed by atoms with Gasteiger partial charge in [0.25, 0.3) is 0 Å². The normalized spacial score (nSPS) is 15.5. The predicted molar refractivity (Wildman–Crippen MR) is 106 cm³/mol. The molecular formula is C19H18FIN4O. The number of benzene rings is 1. The molecule has 0 saturated heterocycles. The van der Waals surface area contributed by atoms with E-state index < -0.39 is 0 Å². The van der Waals surface area contributed by atoms with E-state index in [1.807, 2.05) is 10.6 Å². The Labute approximate surface area is 164 Å². The van der Waals surface area contributed by atoms with Gasteiger partial charge in [0.15, 0.2) is 5.65 Å². The highest BCUT2D eigenvalue weighted by Gasteiger charge is 2.40. The van der Waals surface area contributed by atoms with Crippen molar-refractivity contribution < 1.29 is 9.18 Å². The van der Waals surface area contributed by atoms with Crippen molar-refractivity contribution >= 4 is 39.8 Å². The third kappa shape index (κ3) is 2.78. The molecule has 1 aromatic carbocycles. The smallest absolute Gasteiger partial charge is 0.223 e. The molecule has 3 heterocycles. The first-order chi connectivity index (χ1) is 12.3. The Morgan fingerprint density at radius 2 is 2.00 bits per heavy atom. The molecule has 2 aromatic heterocycles. The summed E-state index contributed by atoms with van der Waals surface area (Å²) in [6.45, 7) is 6.42. The lowest BCUT2D eigenvalue weighted by atomic mass is 9.90. The van der Waals surface area contributed by atoms with Gasteiger partial charge in [-0.1, -0.05) is 26.0 Å². The molecule has 1 amide bonds. The van der Waals surface area contributed by atoms with Crippen LogP contribution in [0.25, 0.3) is 5.65 Å². The lowest BCUT2D eigenvalue weighted by Crippen LogP contribution is -2.32. The van der Waals surface area contributed by atoms with Crippen LogP contribution in [0, 0.1) is 9.65 Å². The summed E-state index contributed by atoms with van der Waals surface area (Å²) in [5, 5.41) is 4.58. The monoisotopic (exact) mass is 464 g/mol. The maximum atomic E-state index is 13.2. The standard InChI is InChI=1S/C19H18FIN4O/c1-11(26)24-10-19(2,3)16-15(24)9-13(17-22-18(21)23-25(16)17)8-12-4-6-14(20)7-5-12/h4-7,9H,8,10H2,1-3H3. The first-order valence-corrected chi connectivity index (χ1v) is 9.45. The molecule has 0 saturated carbocycles. The molecule has 1 aliphatic heterocycles. The van der Waals surface area contributed by atoms with E-state index in [1.54, 1.807) is 24.0 Å². The maximum absolute atomic E-state index is 13.2. The zero-order chi connectivity index (χ0) is 18.6. The molecular weight excluding hydrogens is 446 g/mol. The Hall–Kier alpha value is -2.03. The van der Waals surface area contributed by atoms with E-state index >= 15 is 0 Å². The Morgan fingerprint density at radius 1 is 1.31 bits per heavy atom. The fourth-order valence-electron chi connectivity index (χ4n) is 3.68. The highest BCUT2D eigenvalue weighted by molar-refractivity contribution is 14.1. The van der Waals surface area contributed by atoms with Crippen molar-refractivity contribution in [3.05, 3.63) is 56.8 Å². The number of anilines is 1. The second-order valence-electron chi connectivity index (χ2n) is 7.31. The van der Waals surface area contributed by atoms with Crippen LogP contribution >= 0.6 is 22.6 Å². The summed E-state index contributed by atoms with van der Waals surface area (Å²) in [6, 6.07) is 8.49. The van der Waals surface area contributed by atoms with Gasteiger partial charge >= 0.3 is 0 Å². The predicted octanol–water partition coefficient (Wildman–Crippen LogP) is 3.71. The van der Waals surface area contributed by atoms with Gasteiger partial charge in [-0.2, -0.15) is 0 Å². The number of carbonyl (C=O) groups excluding carboxylic acids is 1. The van der Waals surface area contributed by atoms with Crippen molar-refractivity contribution in [2.24, 2.45) is 0 Å². The molecule has 7 heteroatoms. The number of amides is 1. The van der Waals surface area contributed by atoms with Gasteiger partial charge in [0.05, 0.1) is 11.4 Å². The summed E-state index contributed by atoms with van der Waals surface area (Å²) >= 11 is 2.11. The minimum atomic E-state index is -0.255. The fraction of sp³-hybridized carbons (Fsp3) is 0.316. The molecule has 0 bridgehead atoms. The fourth-order valence-corrected chi connectivity index (χ4v) is 4.13.